The van der Waals surface area contributed by atoms with Gasteiger partial charge in [0.1, 0.15) is 11.9 Å². The molecule has 1 aromatic carbocycles. The van der Waals surface area contributed by atoms with Gasteiger partial charge in [0.05, 0.1) is 23.5 Å². The summed E-state index contributed by atoms with van der Waals surface area (Å²) < 4.78 is 0. The minimum Gasteiger partial charge on any atom is -0.343 e. The molecule has 1 aromatic heterocycles. The third-order valence-corrected chi connectivity index (χ3v) is 8.10. The molecule has 7 heteroatoms. The standard InChI is InChI=1S/C30H43N5O2/c1-19(2)23-13-9-14-24(17-23)25-18-26(33-21(4)32-25)27-15-10-16-35(27)30(37)28(22-11-7-6-8-12-22)34-29(36)20(3)31-5/h9,13-14,17-20,22,27-28,31H,6-8,10-12,15-16H2,1-5H3,(H,34,36)/t20?,27-,28-/m0/s1. The number of carbonyl (C=O) groups excluding carboxylic acids is 2. The van der Waals surface area contributed by atoms with E-state index in [4.69, 9.17) is 9.97 Å². The predicted octanol–water partition coefficient (Wildman–Crippen LogP) is 4.91. The van der Waals surface area contributed by atoms with Crippen molar-refractivity contribution in [2.45, 2.75) is 96.7 Å². The molecule has 4 rings (SSSR count). The molecular weight excluding hydrogens is 462 g/mol. The highest BCUT2D eigenvalue weighted by Crippen LogP contribution is 2.35. The average molecular weight is 506 g/mol. The van der Waals surface area contributed by atoms with Gasteiger partial charge in [-0.2, -0.15) is 0 Å². The fourth-order valence-electron chi connectivity index (χ4n) is 5.74. The first-order chi connectivity index (χ1) is 17.8. The van der Waals surface area contributed by atoms with Crippen LogP contribution in [-0.2, 0) is 9.59 Å². The van der Waals surface area contributed by atoms with E-state index in [0.717, 1.165) is 55.5 Å². The van der Waals surface area contributed by atoms with Crippen LogP contribution in [0.2, 0.25) is 0 Å². The zero-order valence-electron chi connectivity index (χ0n) is 23.1. The Hall–Kier alpha value is -2.80. The second-order valence-corrected chi connectivity index (χ2v) is 11.1. The first-order valence-electron chi connectivity index (χ1n) is 14.0. The molecule has 2 amide bonds. The molecule has 1 unspecified atom stereocenters. The van der Waals surface area contributed by atoms with Gasteiger partial charge in [-0.25, -0.2) is 9.97 Å². The maximum Gasteiger partial charge on any atom is 0.246 e. The molecule has 2 aliphatic rings. The van der Waals surface area contributed by atoms with Crippen LogP contribution < -0.4 is 10.6 Å². The second-order valence-electron chi connectivity index (χ2n) is 11.1. The van der Waals surface area contributed by atoms with Gasteiger partial charge >= 0.3 is 0 Å². The van der Waals surface area contributed by atoms with Crippen LogP contribution in [0.25, 0.3) is 11.3 Å². The number of aromatic nitrogens is 2. The lowest BCUT2D eigenvalue weighted by Crippen LogP contribution is -2.55. The van der Waals surface area contributed by atoms with Gasteiger partial charge in [0.25, 0.3) is 0 Å². The molecule has 0 bridgehead atoms. The van der Waals surface area contributed by atoms with E-state index in [2.05, 4.69) is 54.8 Å². The Morgan fingerprint density at radius 1 is 1.00 bits per heavy atom. The van der Waals surface area contributed by atoms with Crippen LogP contribution in [-0.4, -0.2) is 52.4 Å². The van der Waals surface area contributed by atoms with E-state index in [9.17, 15) is 9.59 Å². The van der Waals surface area contributed by atoms with Gasteiger partial charge in [0, 0.05) is 12.1 Å². The van der Waals surface area contributed by atoms with E-state index in [1.54, 1.807) is 7.05 Å². The van der Waals surface area contributed by atoms with Gasteiger partial charge in [-0.05, 0) is 76.1 Å². The summed E-state index contributed by atoms with van der Waals surface area (Å²) in [5.74, 6) is 1.24. The van der Waals surface area contributed by atoms with Crippen molar-refractivity contribution in [3.05, 3.63) is 47.4 Å². The molecule has 1 saturated heterocycles. The average Bonchev–Trinajstić information content (AvgIpc) is 3.41. The van der Waals surface area contributed by atoms with Crippen molar-refractivity contribution >= 4 is 11.8 Å². The summed E-state index contributed by atoms with van der Waals surface area (Å²) in [6.45, 7) is 8.82. The van der Waals surface area contributed by atoms with Crippen LogP contribution in [0, 0.1) is 12.8 Å². The van der Waals surface area contributed by atoms with Crippen molar-refractivity contribution in [1.82, 2.24) is 25.5 Å². The lowest BCUT2D eigenvalue weighted by Gasteiger charge is -2.35. The summed E-state index contributed by atoms with van der Waals surface area (Å²) in [7, 11) is 1.77. The van der Waals surface area contributed by atoms with E-state index in [1.807, 2.05) is 18.7 Å². The summed E-state index contributed by atoms with van der Waals surface area (Å²) in [5, 5.41) is 6.13. The first kappa shape index (κ1) is 27.2. The third-order valence-electron chi connectivity index (χ3n) is 8.10. The van der Waals surface area contributed by atoms with E-state index in [0.29, 0.717) is 18.3 Å². The second kappa shape index (κ2) is 12.2. The number of hydrogen-bond donors (Lipinski definition) is 2. The van der Waals surface area contributed by atoms with Gasteiger partial charge in [0.15, 0.2) is 0 Å². The topological polar surface area (TPSA) is 87.2 Å². The molecule has 0 radical (unpaired) electrons. The van der Waals surface area contributed by atoms with Crippen LogP contribution >= 0.6 is 0 Å². The minimum atomic E-state index is -0.491. The summed E-state index contributed by atoms with van der Waals surface area (Å²) in [6, 6.07) is 9.63. The van der Waals surface area contributed by atoms with E-state index in [-0.39, 0.29) is 29.8 Å². The molecule has 2 fully saturated rings. The van der Waals surface area contributed by atoms with Crippen LogP contribution in [0.1, 0.15) is 94.8 Å². The van der Waals surface area contributed by atoms with Crippen LogP contribution in [0.5, 0.6) is 0 Å². The molecule has 200 valence electrons. The molecule has 37 heavy (non-hydrogen) atoms. The third kappa shape index (κ3) is 6.38. The molecule has 3 atom stereocenters. The number of amides is 2. The summed E-state index contributed by atoms with van der Waals surface area (Å²) in [5.41, 5.74) is 4.13. The molecule has 1 saturated carbocycles. The molecule has 2 aromatic rings. The zero-order valence-corrected chi connectivity index (χ0v) is 23.1. The summed E-state index contributed by atoms with van der Waals surface area (Å²) in [6.07, 6.45) is 7.17. The van der Waals surface area contributed by atoms with Crippen LogP contribution in [0.15, 0.2) is 30.3 Å². The molecule has 2 N–H and O–H groups in total. The highest BCUT2D eigenvalue weighted by atomic mass is 16.2. The Morgan fingerprint density at radius 2 is 1.76 bits per heavy atom. The lowest BCUT2D eigenvalue weighted by molar-refractivity contribution is -0.139. The molecular formula is C30H43N5O2. The summed E-state index contributed by atoms with van der Waals surface area (Å²) in [4.78, 5) is 38.5. The van der Waals surface area contributed by atoms with Crippen LogP contribution in [0.4, 0.5) is 0 Å². The smallest absolute Gasteiger partial charge is 0.246 e. The number of likely N-dealkylation sites (N-methyl/N-ethyl adjacent to an activating group) is 1. The Kier molecular flexibility index (Phi) is 8.95. The molecule has 0 spiro atoms. The van der Waals surface area contributed by atoms with Gasteiger partial charge in [-0.1, -0.05) is 51.3 Å². The lowest BCUT2D eigenvalue weighted by atomic mass is 9.83. The SMILES string of the molecule is CNC(C)C(=O)N[C@H](C(=O)N1CCC[C@H]1c1cc(-c2cccc(C(C)C)c2)nc(C)n1)C1CCCCC1. The number of hydrogen-bond acceptors (Lipinski definition) is 5. The zero-order chi connectivity index (χ0) is 26.5. The number of rotatable bonds is 8. The number of benzene rings is 1. The molecule has 1 aliphatic heterocycles. The van der Waals surface area contributed by atoms with E-state index < -0.39 is 6.04 Å². The van der Waals surface area contributed by atoms with Crippen molar-refractivity contribution in [1.29, 1.82) is 0 Å². The van der Waals surface area contributed by atoms with Gasteiger partial charge in [-0.15, -0.1) is 0 Å². The van der Waals surface area contributed by atoms with E-state index in [1.165, 1.54) is 12.0 Å². The quantitative estimate of drug-likeness (QED) is 0.532. The molecule has 7 nitrogen and oxygen atoms in total. The first-order valence-corrected chi connectivity index (χ1v) is 14.0. The number of likely N-dealkylation sites (tertiary alicyclic amines) is 1. The maximum atomic E-state index is 14.1. The number of carbonyl (C=O) groups is 2. The van der Waals surface area contributed by atoms with Crippen LogP contribution in [0.3, 0.4) is 0 Å². The monoisotopic (exact) mass is 505 g/mol. The van der Waals surface area contributed by atoms with E-state index >= 15 is 0 Å². The van der Waals surface area contributed by atoms with Crippen molar-refractivity contribution in [3.8, 4) is 11.3 Å². The molecule has 1 aliphatic carbocycles. The maximum absolute atomic E-state index is 14.1. The van der Waals surface area contributed by atoms with Crippen molar-refractivity contribution in [3.63, 3.8) is 0 Å². The van der Waals surface area contributed by atoms with Crippen molar-refractivity contribution in [2.24, 2.45) is 5.92 Å². The number of nitrogens with one attached hydrogen (secondary N) is 2. The fourth-order valence-corrected chi connectivity index (χ4v) is 5.74. The van der Waals surface area contributed by atoms with Gasteiger partial charge < -0.3 is 15.5 Å². The predicted molar refractivity (Wildman–Crippen MR) is 147 cm³/mol. The normalized spacial score (nSPS) is 20.2. The number of aryl methyl sites for hydroxylation is 1. The Bertz CT molecular complexity index is 1100. The van der Waals surface area contributed by atoms with Crippen molar-refractivity contribution in [2.75, 3.05) is 13.6 Å². The van der Waals surface area contributed by atoms with Gasteiger partial charge in [0.2, 0.25) is 11.8 Å². The molecule has 2 heterocycles. The highest BCUT2D eigenvalue weighted by Gasteiger charge is 2.39. The Morgan fingerprint density at radius 3 is 2.46 bits per heavy atom. The minimum absolute atomic E-state index is 0.0330. The summed E-state index contributed by atoms with van der Waals surface area (Å²) >= 11 is 0. The van der Waals surface area contributed by atoms with Crippen molar-refractivity contribution < 1.29 is 9.59 Å². The Labute approximate surface area is 221 Å². The Balaban J connectivity index is 1.62. The highest BCUT2D eigenvalue weighted by molar-refractivity contribution is 5.90. The van der Waals surface area contributed by atoms with Gasteiger partial charge in [-0.3, -0.25) is 9.59 Å². The largest absolute Gasteiger partial charge is 0.343 e. The number of nitrogens with zero attached hydrogens (tertiary/aromatic N) is 3. The fraction of sp³-hybridized carbons (Fsp3) is 0.600.